The van der Waals surface area contributed by atoms with E-state index in [4.69, 9.17) is 14.3 Å². The van der Waals surface area contributed by atoms with Crippen LogP contribution < -0.4 is 0 Å². The Morgan fingerprint density at radius 3 is 1.78 bits per heavy atom. The molecule has 5 heteroatoms. The van der Waals surface area contributed by atoms with Crippen LogP contribution in [0.15, 0.2) is 24.3 Å². The first-order valence-corrected chi connectivity index (χ1v) is 13.0. The Kier molecular flexibility index (Phi) is 23.6. The number of unbranched alkanes of at least 4 members (excludes halogenated alkanes) is 8. The van der Waals surface area contributed by atoms with E-state index in [-0.39, 0.29) is 12.2 Å². The highest BCUT2D eigenvalue weighted by molar-refractivity contribution is 5.74. The van der Waals surface area contributed by atoms with Crippen molar-refractivity contribution in [1.29, 1.82) is 0 Å². The van der Waals surface area contributed by atoms with Crippen molar-refractivity contribution in [3.05, 3.63) is 24.3 Å². The molecule has 0 atom stereocenters. The van der Waals surface area contributed by atoms with E-state index in [2.05, 4.69) is 38.2 Å². The van der Waals surface area contributed by atoms with E-state index in [0.717, 1.165) is 77.4 Å². The molecule has 0 aromatic heterocycles. The summed E-state index contributed by atoms with van der Waals surface area (Å²) in [5.74, 6) is 0.0434. The van der Waals surface area contributed by atoms with Gasteiger partial charge in [0.05, 0.1) is 20.3 Å². The fourth-order valence-corrected chi connectivity index (χ4v) is 3.24. The predicted molar refractivity (Wildman–Crippen MR) is 134 cm³/mol. The van der Waals surface area contributed by atoms with Gasteiger partial charge in [-0.2, -0.15) is 0 Å². The van der Waals surface area contributed by atoms with Gasteiger partial charge in [-0.25, -0.2) is 5.06 Å². The number of rotatable bonds is 23. The highest BCUT2D eigenvalue weighted by Crippen LogP contribution is 2.13. The van der Waals surface area contributed by atoms with E-state index < -0.39 is 0 Å². The maximum atomic E-state index is 11.7. The van der Waals surface area contributed by atoms with Gasteiger partial charge in [0.15, 0.2) is 6.29 Å². The lowest BCUT2D eigenvalue weighted by Crippen LogP contribution is -2.24. The highest BCUT2D eigenvalue weighted by atomic mass is 16.7. The summed E-state index contributed by atoms with van der Waals surface area (Å²) in [5, 5.41) is 1.30. The molecule has 0 saturated heterocycles. The summed E-state index contributed by atoms with van der Waals surface area (Å²) in [6.45, 7) is 5.87. The second-order valence-electron chi connectivity index (χ2n) is 8.36. The van der Waals surface area contributed by atoms with Gasteiger partial charge in [0.25, 0.3) is 0 Å². The van der Waals surface area contributed by atoms with Gasteiger partial charge < -0.3 is 9.47 Å². The molecule has 0 fully saturated rings. The molecule has 5 nitrogen and oxygen atoms in total. The zero-order valence-corrected chi connectivity index (χ0v) is 21.5. The zero-order chi connectivity index (χ0) is 23.7. The van der Waals surface area contributed by atoms with Gasteiger partial charge in [0, 0.05) is 13.5 Å². The van der Waals surface area contributed by atoms with E-state index >= 15 is 0 Å². The summed E-state index contributed by atoms with van der Waals surface area (Å²) in [7, 11) is 3.18. The van der Waals surface area contributed by atoms with Crippen molar-refractivity contribution in [2.45, 2.75) is 116 Å². The lowest BCUT2D eigenvalue weighted by atomic mass is 10.1. The molecule has 0 N–H and O–H groups in total. The summed E-state index contributed by atoms with van der Waals surface area (Å²) in [5.41, 5.74) is 0. The van der Waals surface area contributed by atoms with Crippen LogP contribution in [0, 0.1) is 0 Å². The third-order valence-corrected chi connectivity index (χ3v) is 5.41. The van der Waals surface area contributed by atoms with Crippen LogP contribution in [0.1, 0.15) is 110 Å². The molecule has 1 amide bonds. The molecule has 0 radical (unpaired) electrons. The number of carbonyl (C=O) groups excluding carboxylic acids is 1. The van der Waals surface area contributed by atoms with Gasteiger partial charge >= 0.3 is 0 Å². The summed E-state index contributed by atoms with van der Waals surface area (Å²) < 4.78 is 12.1. The van der Waals surface area contributed by atoms with E-state index in [1.807, 2.05) is 0 Å². The lowest BCUT2D eigenvalue weighted by Gasteiger charge is -2.18. The van der Waals surface area contributed by atoms with E-state index in [1.165, 1.54) is 37.9 Å². The average Bonchev–Trinajstić information content (AvgIpc) is 2.80. The first-order valence-electron chi connectivity index (χ1n) is 13.0. The van der Waals surface area contributed by atoms with E-state index in [9.17, 15) is 4.79 Å². The van der Waals surface area contributed by atoms with Crippen molar-refractivity contribution in [2.24, 2.45) is 0 Å². The van der Waals surface area contributed by atoms with Gasteiger partial charge in [0.2, 0.25) is 5.91 Å². The Morgan fingerprint density at radius 2 is 1.25 bits per heavy atom. The smallest absolute Gasteiger partial charge is 0.245 e. The molecule has 188 valence electrons. The molecule has 0 heterocycles. The number of ether oxygens (including phenoxy) is 2. The SMILES string of the molecule is CCCC/C=C\CCOC(CCCCCCCC(=O)N(C)OC)OCC/C=C\CCCC. The Balaban J connectivity index is 4.05. The summed E-state index contributed by atoms with van der Waals surface area (Å²) in [6.07, 6.45) is 24.9. The van der Waals surface area contributed by atoms with Crippen molar-refractivity contribution in [1.82, 2.24) is 5.06 Å². The highest BCUT2D eigenvalue weighted by Gasteiger charge is 2.09. The molecule has 0 saturated carbocycles. The maximum Gasteiger partial charge on any atom is 0.245 e. The third kappa shape index (κ3) is 20.7. The lowest BCUT2D eigenvalue weighted by molar-refractivity contribution is -0.168. The number of nitrogens with zero attached hydrogens (tertiary/aromatic N) is 1. The molecule has 0 spiro atoms. The third-order valence-electron chi connectivity index (χ3n) is 5.41. The first kappa shape index (κ1) is 30.8. The molecular formula is C27H51NO4. The molecule has 0 aromatic carbocycles. The number of carbonyl (C=O) groups is 1. The minimum Gasteiger partial charge on any atom is -0.352 e. The molecule has 0 aliphatic heterocycles. The largest absolute Gasteiger partial charge is 0.352 e. The Hall–Kier alpha value is -1.17. The normalized spacial score (nSPS) is 11.9. The van der Waals surface area contributed by atoms with Crippen LogP contribution in [-0.2, 0) is 19.1 Å². The second kappa shape index (κ2) is 24.5. The van der Waals surface area contributed by atoms with Crippen LogP contribution in [0.2, 0.25) is 0 Å². The number of hydrogen-bond acceptors (Lipinski definition) is 4. The second-order valence-corrected chi connectivity index (χ2v) is 8.36. The topological polar surface area (TPSA) is 48.0 Å². The molecule has 0 bridgehead atoms. The van der Waals surface area contributed by atoms with Crippen LogP contribution >= 0.6 is 0 Å². The Morgan fingerprint density at radius 1 is 0.750 bits per heavy atom. The zero-order valence-electron chi connectivity index (χ0n) is 21.5. The molecule has 0 unspecified atom stereocenters. The number of hydrogen-bond donors (Lipinski definition) is 0. The summed E-state index contributed by atoms with van der Waals surface area (Å²) in [4.78, 5) is 16.6. The number of hydroxylamine groups is 2. The molecule has 0 rings (SSSR count). The Labute approximate surface area is 198 Å². The molecular weight excluding hydrogens is 402 g/mol. The Bertz CT molecular complexity index is 441. The first-order chi connectivity index (χ1) is 15.7. The van der Waals surface area contributed by atoms with Crippen LogP contribution in [0.25, 0.3) is 0 Å². The van der Waals surface area contributed by atoms with Gasteiger partial charge in [-0.1, -0.05) is 83.1 Å². The van der Waals surface area contributed by atoms with Crippen LogP contribution in [-0.4, -0.2) is 44.6 Å². The standard InChI is InChI=1S/C27H51NO4/c1-5-7-9-11-16-20-24-31-27(32-25-21-17-12-10-8-6-2)23-19-15-13-14-18-22-26(29)28(3)30-4/h11-12,16-17,27H,5-10,13-15,18-25H2,1-4H3/b16-11-,17-12-. The van der Waals surface area contributed by atoms with Crippen molar-refractivity contribution < 1.29 is 19.1 Å². The number of amides is 1. The molecule has 32 heavy (non-hydrogen) atoms. The van der Waals surface area contributed by atoms with E-state index in [1.54, 1.807) is 7.05 Å². The maximum absolute atomic E-state index is 11.7. The fraction of sp³-hybridized carbons (Fsp3) is 0.815. The van der Waals surface area contributed by atoms with Crippen molar-refractivity contribution in [3.63, 3.8) is 0 Å². The molecule has 0 aliphatic rings. The van der Waals surface area contributed by atoms with Crippen LogP contribution in [0.4, 0.5) is 0 Å². The van der Waals surface area contributed by atoms with Crippen LogP contribution in [0.3, 0.4) is 0 Å². The predicted octanol–water partition coefficient (Wildman–Crippen LogP) is 7.37. The van der Waals surface area contributed by atoms with Crippen molar-refractivity contribution in [2.75, 3.05) is 27.4 Å². The fourth-order valence-electron chi connectivity index (χ4n) is 3.24. The molecule has 0 aromatic rings. The van der Waals surface area contributed by atoms with Gasteiger partial charge in [0.1, 0.15) is 0 Å². The number of allylic oxidation sites excluding steroid dienone is 2. The molecule has 0 aliphatic carbocycles. The summed E-state index contributed by atoms with van der Waals surface area (Å²) in [6, 6.07) is 0. The summed E-state index contributed by atoms with van der Waals surface area (Å²) >= 11 is 0. The van der Waals surface area contributed by atoms with Crippen molar-refractivity contribution in [3.8, 4) is 0 Å². The minimum atomic E-state index is -0.111. The monoisotopic (exact) mass is 453 g/mol. The minimum absolute atomic E-state index is 0.0434. The quantitative estimate of drug-likeness (QED) is 0.0701. The van der Waals surface area contributed by atoms with E-state index in [0.29, 0.717) is 6.42 Å². The average molecular weight is 454 g/mol. The van der Waals surface area contributed by atoms with Crippen molar-refractivity contribution >= 4 is 5.91 Å². The van der Waals surface area contributed by atoms with Gasteiger partial charge in [-0.3, -0.25) is 9.63 Å². The van der Waals surface area contributed by atoms with Crippen LogP contribution in [0.5, 0.6) is 0 Å². The van der Waals surface area contributed by atoms with Gasteiger partial charge in [-0.15, -0.1) is 0 Å². The van der Waals surface area contributed by atoms with Gasteiger partial charge in [-0.05, 0) is 44.9 Å².